The average molecular weight is 334 g/mol. The van der Waals surface area contributed by atoms with E-state index >= 15 is 0 Å². The number of aryl methyl sites for hydroxylation is 2. The molecule has 122 valence electrons. The van der Waals surface area contributed by atoms with Gasteiger partial charge in [-0.25, -0.2) is 0 Å². The lowest BCUT2D eigenvalue weighted by Gasteiger charge is -2.29. The minimum atomic E-state index is -0.133. The molecule has 2 aromatic rings. The van der Waals surface area contributed by atoms with Crippen LogP contribution in [-0.2, 0) is 11.8 Å². The van der Waals surface area contributed by atoms with E-state index in [1.54, 1.807) is 16.8 Å². The predicted molar refractivity (Wildman–Crippen MR) is 88.6 cm³/mol. The fourth-order valence-electron chi connectivity index (χ4n) is 2.83. The molecule has 23 heavy (non-hydrogen) atoms. The minimum absolute atomic E-state index is 0.0313. The SMILES string of the molecule is Cc1ccc(C(=O)NC2CCOC(c3cnn(C)c3)C2)c(Cl)c1. The highest BCUT2D eigenvalue weighted by Crippen LogP contribution is 2.28. The molecule has 0 saturated carbocycles. The van der Waals surface area contributed by atoms with Gasteiger partial charge in [0.1, 0.15) is 0 Å². The number of benzene rings is 1. The highest BCUT2D eigenvalue weighted by Gasteiger charge is 2.26. The molecule has 0 aliphatic carbocycles. The third-order valence-corrected chi connectivity index (χ3v) is 4.40. The summed E-state index contributed by atoms with van der Waals surface area (Å²) < 4.78 is 7.56. The lowest BCUT2D eigenvalue weighted by molar-refractivity contribution is 0.000869. The summed E-state index contributed by atoms with van der Waals surface area (Å²) in [6, 6.07) is 5.53. The van der Waals surface area contributed by atoms with Crippen LogP contribution in [0.4, 0.5) is 0 Å². The summed E-state index contributed by atoms with van der Waals surface area (Å²) in [7, 11) is 1.88. The van der Waals surface area contributed by atoms with Crippen molar-refractivity contribution in [1.29, 1.82) is 0 Å². The normalized spacial score (nSPS) is 21.2. The van der Waals surface area contributed by atoms with Crippen molar-refractivity contribution in [2.24, 2.45) is 7.05 Å². The number of halogens is 1. The molecule has 1 fully saturated rings. The molecule has 2 unspecified atom stereocenters. The predicted octanol–water partition coefficient (Wildman–Crippen LogP) is 3.03. The number of nitrogens with one attached hydrogen (secondary N) is 1. The van der Waals surface area contributed by atoms with E-state index in [0.717, 1.165) is 24.0 Å². The molecule has 5 nitrogen and oxygen atoms in total. The van der Waals surface area contributed by atoms with Crippen LogP contribution in [0.25, 0.3) is 0 Å². The summed E-state index contributed by atoms with van der Waals surface area (Å²) in [6.07, 6.45) is 5.26. The van der Waals surface area contributed by atoms with Crippen LogP contribution >= 0.6 is 11.6 Å². The molecule has 2 atom stereocenters. The van der Waals surface area contributed by atoms with Crippen molar-refractivity contribution in [1.82, 2.24) is 15.1 Å². The second-order valence-corrected chi connectivity index (χ2v) is 6.39. The van der Waals surface area contributed by atoms with Crippen molar-refractivity contribution < 1.29 is 9.53 Å². The third-order valence-electron chi connectivity index (χ3n) is 4.09. The molecule has 1 aliphatic rings. The molecule has 1 saturated heterocycles. The topological polar surface area (TPSA) is 56.1 Å². The fourth-order valence-corrected chi connectivity index (χ4v) is 3.16. The van der Waals surface area contributed by atoms with E-state index in [4.69, 9.17) is 16.3 Å². The molecule has 0 radical (unpaired) electrons. The first-order chi connectivity index (χ1) is 11.0. The van der Waals surface area contributed by atoms with Crippen LogP contribution in [0.2, 0.25) is 5.02 Å². The van der Waals surface area contributed by atoms with Crippen LogP contribution < -0.4 is 5.32 Å². The van der Waals surface area contributed by atoms with Crippen LogP contribution in [-0.4, -0.2) is 28.3 Å². The van der Waals surface area contributed by atoms with Gasteiger partial charge in [0.15, 0.2) is 0 Å². The zero-order chi connectivity index (χ0) is 16.4. The molecule has 1 amide bonds. The Bertz CT molecular complexity index is 714. The summed E-state index contributed by atoms with van der Waals surface area (Å²) in [5.74, 6) is -0.133. The average Bonchev–Trinajstić information content (AvgIpc) is 2.94. The fraction of sp³-hybridized carbons (Fsp3) is 0.412. The van der Waals surface area contributed by atoms with Gasteiger partial charge in [-0.3, -0.25) is 9.48 Å². The Kier molecular flexibility index (Phi) is 4.68. The first-order valence-corrected chi connectivity index (χ1v) is 8.08. The Morgan fingerprint density at radius 2 is 2.30 bits per heavy atom. The Morgan fingerprint density at radius 3 is 3.00 bits per heavy atom. The van der Waals surface area contributed by atoms with Gasteiger partial charge in [-0.15, -0.1) is 0 Å². The van der Waals surface area contributed by atoms with Gasteiger partial charge in [0.05, 0.1) is 22.9 Å². The maximum atomic E-state index is 12.4. The number of carbonyl (C=O) groups is 1. The van der Waals surface area contributed by atoms with E-state index in [9.17, 15) is 4.79 Å². The zero-order valence-electron chi connectivity index (χ0n) is 13.3. The van der Waals surface area contributed by atoms with E-state index in [1.165, 1.54) is 0 Å². The van der Waals surface area contributed by atoms with Crippen molar-refractivity contribution in [3.05, 3.63) is 52.3 Å². The summed E-state index contributed by atoms with van der Waals surface area (Å²) in [4.78, 5) is 12.4. The van der Waals surface area contributed by atoms with Crippen LogP contribution in [0.5, 0.6) is 0 Å². The molecule has 6 heteroatoms. The lowest BCUT2D eigenvalue weighted by atomic mass is 9.99. The lowest BCUT2D eigenvalue weighted by Crippen LogP contribution is -2.39. The molecule has 2 heterocycles. The van der Waals surface area contributed by atoms with Gasteiger partial charge in [-0.05, 0) is 37.5 Å². The first kappa shape index (κ1) is 16.0. The molecule has 1 aromatic carbocycles. The number of amides is 1. The van der Waals surface area contributed by atoms with E-state index in [0.29, 0.717) is 17.2 Å². The highest BCUT2D eigenvalue weighted by molar-refractivity contribution is 6.33. The quantitative estimate of drug-likeness (QED) is 0.939. The van der Waals surface area contributed by atoms with Crippen LogP contribution in [0.15, 0.2) is 30.6 Å². The number of hydrogen-bond donors (Lipinski definition) is 1. The van der Waals surface area contributed by atoms with Gasteiger partial charge in [0.25, 0.3) is 5.91 Å². The zero-order valence-corrected chi connectivity index (χ0v) is 14.0. The minimum Gasteiger partial charge on any atom is -0.373 e. The maximum absolute atomic E-state index is 12.4. The summed E-state index contributed by atoms with van der Waals surface area (Å²) >= 11 is 6.17. The van der Waals surface area contributed by atoms with Crippen molar-refractivity contribution in [2.45, 2.75) is 31.9 Å². The molecule has 1 aliphatic heterocycles. The molecule has 1 aromatic heterocycles. The summed E-state index contributed by atoms with van der Waals surface area (Å²) in [5, 5.41) is 7.73. The molecule has 0 spiro atoms. The van der Waals surface area contributed by atoms with E-state index < -0.39 is 0 Å². The molecule has 0 bridgehead atoms. The van der Waals surface area contributed by atoms with Gasteiger partial charge in [0.2, 0.25) is 0 Å². The Balaban J connectivity index is 1.66. The first-order valence-electron chi connectivity index (χ1n) is 7.70. The molecule has 1 N–H and O–H groups in total. The largest absolute Gasteiger partial charge is 0.373 e. The van der Waals surface area contributed by atoms with Crippen LogP contribution in [0.3, 0.4) is 0 Å². The van der Waals surface area contributed by atoms with Gasteiger partial charge in [-0.2, -0.15) is 5.10 Å². The molecule has 3 rings (SSSR count). The van der Waals surface area contributed by atoms with Crippen molar-refractivity contribution in [2.75, 3.05) is 6.61 Å². The third kappa shape index (κ3) is 3.74. The highest BCUT2D eigenvalue weighted by atomic mass is 35.5. The van der Waals surface area contributed by atoms with Crippen molar-refractivity contribution >= 4 is 17.5 Å². The van der Waals surface area contributed by atoms with Gasteiger partial charge < -0.3 is 10.1 Å². The van der Waals surface area contributed by atoms with Gasteiger partial charge >= 0.3 is 0 Å². The second-order valence-electron chi connectivity index (χ2n) is 5.98. The number of rotatable bonds is 3. The van der Waals surface area contributed by atoms with Crippen LogP contribution in [0.1, 0.15) is 40.4 Å². The summed E-state index contributed by atoms with van der Waals surface area (Å²) in [6.45, 7) is 2.57. The van der Waals surface area contributed by atoms with Crippen molar-refractivity contribution in [3.8, 4) is 0 Å². The number of carbonyl (C=O) groups excluding carboxylic acids is 1. The van der Waals surface area contributed by atoms with Gasteiger partial charge in [-0.1, -0.05) is 17.7 Å². The van der Waals surface area contributed by atoms with Gasteiger partial charge in [0, 0.05) is 31.5 Å². The molecular weight excluding hydrogens is 314 g/mol. The monoisotopic (exact) mass is 333 g/mol. The van der Waals surface area contributed by atoms with Crippen LogP contribution in [0, 0.1) is 6.92 Å². The Hall–Kier alpha value is -1.85. The standard InChI is InChI=1S/C17H20ClN3O2/c1-11-3-4-14(15(18)7-11)17(22)20-13-5-6-23-16(8-13)12-9-19-21(2)10-12/h3-4,7,9-10,13,16H,5-6,8H2,1-2H3,(H,20,22). The molecular formula is C17H20ClN3O2. The number of ether oxygens (including phenoxy) is 1. The Morgan fingerprint density at radius 1 is 1.48 bits per heavy atom. The van der Waals surface area contributed by atoms with Crippen molar-refractivity contribution in [3.63, 3.8) is 0 Å². The summed E-state index contributed by atoms with van der Waals surface area (Å²) in [5.41, 5.74) is 2.59. The van der Waals surface area contributed by atoms with E-state index in [2.05, 4.69) is 10.4 Å². The maximum Gasteiger partial charge on any atom is 0.253 e. The number of hydrogen-bond acceptors (Lipinski definition) is 3. The number of aromatic nitrogens is 2. The number of nitrogens with zero attached hydrogens (tertiary/aromatic N) is 2. The Labute approximate surface area is 140 Å². The van der Waals surface area contributed by atoms with E-state index in [-0.39, 0.29) is 18.1 Å². The second kappa shape index (κ2) is 6.72. The smallest absolute Gasteiger partial charge is 0.253 e. The van der Waals surface area contributed by atoms with E-state index in [1.807, 2.05) is 32.4 Å².